The molecule has 0 aliphatic rings. The van der Waals surface area contributed by atoms with E-state index in [9.17, 15) is 9.59 Å². The zero-order chi connectivity index (χ0) is 18.8. The molecule has 0 radical (unpaired) electrons. The molecule has 0 aliphatic carbocycles. The van der Waals surface area contributed by atoms with Gasteiger partial charge in [0.05, 0.1) is 0 Å². The Kier molecular flexibility index (Phi) is 12.8. The number of hydrogen-bond acceptors (Lipinski definition) is 2. The third kappa shape index (κ3) is 8.64. The van der Waals surface area contributed by atoms with Gasteiger partial charge in [0.1, 0.15) is 11.6 Å². The molecule has 150 valence electrons. The first-order valence-electron chi connectivity index (χ1n) is 8.47. The number of rotatable bonds is 3. The number of carbonyl (C=O) groups is 2. The van der Waals surface area contributed by atoms with Crippen LogP contribution in [0.2, 0.25) is 0 Å². The van der Waals surface area contributed by atoms with Crippen LogP contribution in [0.5, 0.6) is 0 Å². The van der Waals surface area contributed by atoms with Crippen molar-refractivity contribution in [3.8, 4) is 11.1 Å². The SMILES string of the molecule is CC(=O)[c-]1cccc1.CC(=O)[c-]1cccc1.[Fe].[Fe].c1cc[c-](-[c-]2cccc2)c1. The molecule has 0 unspecified atom stereocenters. The predicted octanol–water partition coefficient (Wildman–Crippen LogP) is 6.00. The van der Waals surface area contributed by atoms with E-state index in [0.29, 0.717) is 0 Å². The Labute approximate surface area is 188 Å². The van der Waals surface area contributed by atoms with Crippen molar-refractivity contribution < 1.29 is 43.7 Å². The van der Waals surface area contributed by atoms with E-state index in [2.05, 4.69) is 48.5 Å². The Hall–Kier alpha value is -2.22. The van der Waals surface area contributed by atoms with Crippen molar-refractivity contribution in [1.82, 2.24) is 0 Å². The minimum absolute atomic E-state index is 0. The third-order valence-corrected chi connectivity index (χ3v) is 3.80. The second-order valence-electron chi connectivity index (χ2n) is 5.81. The first-order valence-corrected chi connectivity index (χ1v) is 8.47. The van der Waals surface area contributed by atoms with Gasteiger partial charge in [-0.1, -0.05) is 11.1 Å². The molecule has 4 heteroatoms. The second-order valence-corrected chi connectivity index (χ2v) is 5.81. The van der Waals surface area contributed by atoms with Gasteiger partial charge in [-0.3, -0.25) is 0 Å². The minimum atomic E-state index is 0. The Morgan fingerprint density at radius 3 is 0.857 bits per heavy atom. The van der Waals surface area contributed by atoms with E-state index in [4.69, 9.17) is 0 Å². The minimum Gasteiger partial charge on any atom is -0.309 e. The van der Waals surface area contributed by atoms with E-state index >= 15 is 0 Å². The average molecular weight is 454 g/mol. The van der Waals surface area contributed by atoms with Gasteiger partial charge in [-0.25, -0.2) is 24.3 Å². The maximum absolute atomic E-state index is 10.5. The Morgan fingerprint density at radius 2 is 0.679 bits per heavy atom. The molecule has 4 rings (SSSR count). The molecule has 0 saturated heterocycles. The molecule has 4 aromatic rings. The van der Waals surface area contributed by atoms with Gasteiger partial charge in [0.15, 0.2) is 0 Å². The van der Waals surface area contributed by atoms with Gasteiger partial charge < -0.3 is 9.59 Å². The molecule has 0 saturated carbocycles. The number of ketones is 2. The van der Waals surface area contributed by atoms with Gasteiger partial charge >= 0.3 is 0 Å². The molecule has 2 nitrogen and oxygen atoms in total. The van der Waals surface area contributed by atoms with Crippen LogP contribution in [0.3, 0.4) is 0 Å². The van der Waals surface area contributed by atoms with Crippen molar-refractivity contribution in [3.05, 3.63) is 108 Å². The topological polar surface area (TPSA) is 34.1 Å². The maximum atomic E-state index is 10.5. The van der Waals surface area contributed by atoms with Crippen LogP contribution in [0.15, 0.2) is 97.1 Å². The summed E-state index contributed by atoms with van der Waals surface area (Å²) in [5.74, 6) is 0.269. The molecule has 0 heterocycles. The first-order chi connectivity index (χ1) is 12.6. The molecule has 0 spiro atoms. The monoisotopic (exact) mass is 454 g/mol. The fourth-order valence-electron chi connectivity index (χ4n) is 2.35. The zero-order valence-corrected chi connectivity index (χ0v) is 18.0. The van der Waals surface area contributed by atoms with Crippen LogP contribution in [0.25, 0.3) is 11.1 Å². The molecule has 0 atom stereocenters. The molecular formula is C24H22Fe2O2-4. The van der Waals surface area contributed by atoms with Crippen LogP contribution in [-0.2, 0) is 34.1 Å². The van der Waals surface area contributed by atoms with E-state index in [1.54, 1.807) is 13.8 Å². The molecule has 4 aromatic carbocycles. The van der Waals surface area contributed by atoms with Crippen molar-refractivity contribution >= 4 is 11.6 Å². The molecule has 28 heavy (non-hydrogen) atoms. The van der Waals surface area contributed by atoms with Crippen molar-refractivity contribution in [3.63, 3.8) is 0 Å². The second kappa shape index (κ2) is 13.9. The molecule has 0 bridgehead atoms. The van der Waals surface area contributed by atoms with Crippen LogP contribution in [0.1, 0.15) is 34.6 Å². The first kappa shape index (κ1) is 25.8. The quantitative estimate of drug-likeness (QED) is 0.216. The normalized spacial score (nSPS) is 8.79. The summed E-state index contributed by atoms with van der Waals surface area (Å²) in [5.41, 5.74) is 4.21. The number of carbonyl (C=O) groups excluding carboxylic acids is 2. The standard InChI is InChI=1S/C10H8.2C7H7O.2Fe/c1-2-6-9(5-1)10-7-3-4-8-10;2*1-6(8)7-4-2-3-5-7;;/h1-8H;2*2-5H,1H3;;/q-2;2*-1;;. The number of Topliss-reactive ketones (excluding diaryl/α,β-unsaturated/α-hetero) is 2. The maximum Gasteiger partial charge on any atom is 0.105 e. The molecule has 0 aliphatic heterocycles. The van der Waals surface area contributed by atoms with Gasteiger partial charge in [-0.2, -0.15) is 83.9 Å². The van der Waals surface area contributed by atoms with Gasteiger partial charge in [0.25, 0.3) is 0 Å². The summed E-state index contributed by atoms with van der Waals surface area (Å²) in [5, 5.41) is 0. The van der Waals surface area contributed by atoms with Gasteiger partial charge in [0.2, 0.25) is 0 Å². The van der Waals surface area contributed by atoms with E-state index in [-0.39, 0.29) is 45.7 Å². The largest absolute Gasteiger partial charge is 0.309 e. The van der Waals surface area contributed by atoms with E-state index in [1.807, 2.05) is 48.5 Å². The smallest absolute Gasteiger partial charge is 0.105 e. The summed E-state index contributed by atoms with van der Waals surface area (Å²) in [6.45, 7) is 3.13. The van der Waals surface area contributed by atoms with Gasteiger partial charge in [-0.05, 0) is 13.8 Å². The summed E-state index contributed by atoms with van der Waals surface area (Å²) in [4.78, 5) is 21.0. The fraction of sp³-hybridized carbons (Fsp3) is 0.0833. The van der Waals surface area contributed by atoms with Crippen molar-refractivity contribution in [2.75, 3.05) is 0 Å². The Bertz CT molecular complexity index is 790. The zero-order valence-electron chi connectivity index (χ0n) is 15.8. The summed E-state index contributed by atoms with van der Waals surface area (Å²) >= 11 is 0. The van der Waals surface area contributed by atoms with E-state index in [1.165, 1.54) is 11.1 Å². The fourth-order valence-corrected chi connectivity index (χ4v) is 2.35. The van der Waals surface area contributed by atoms with Gasteiger partial charge in [-0.15, -0.1) is 0 Å². The van der Waals surface area contributed by atoms with Crippen molar-refractivity contribution in [1.29, 1.82) is 0 Å². The summed E-state index contributed by atoms with van der Waals surface area (Å²) in [6.07, 6.45) is 0. The predicted molar refractivity (Wildman–Crippen MR) is 107 cm³/mol. The molecule has 0 fully saturated rings. The third-order valence-electron chi connectivity index (χ3n) is 3.80. The molecule has 0 N–H and O–H groups in total. The van der Waals surface area contributed by atoms with E-state index in [0.717, 1.165) is 11.1 Å². The number of hydrogen-bond donors (Lipinski definition) is 0. The van der Waals surface area contributed by atoms with Crippen LogP contribution in [0.4, 0.5) is 0 Å². The Balaban J connectivity index is 0.000000381. The summed E-state index contributed by atoms with van der Waals surface area (Å²) in [7, 11) is 0. The molecule has 0 amide bonds. The summed E-state index contributed by atoms with van der Waals surface area (Å²) in [6, 6.07) is 31.4. The average Bonchev–Trinajstić information content (AvgIpc) is 3.47. The summed E-state index contributed by atoms with van der Waals surface area (Å²) < 4.78 is 0. The molecule has 0 aromatic heterocycles. The van der Waals surface area contributed by atoms with Crippen LogP contribution in [-0.4, -0.2) is 11.6 Å². The van der Waals surface area contributed by atoms with E-state index < -0.39 is 0 Å². The van der Waals surface area contributed by atoms with Crippen molar-refractivity contribution in [2.24, 2.45) is 0 Å². The van der Waals surface area contributed by atoms with Crippen LogP contribution < -0.4 is 0 Å². The molecular weight excluding hydrogens is 432 g/mol. The Morgan fingerprint density at radius 1 is 0.464 bits per heavy atom. The van der Waals surface area contributed by atoms with Gasteiger partial charge in [0, 0.05) is 34.1 Å². The van der Waals surface area contributed by atoms with Crippen LogP contribution in [0, 0.1) is 0 Å². The van der Waals surface area contributed by atoms with Crippen LogP contribution >= 0.6 is 0 Å². The van der Waals surface area contributed by atoms with Crippen molar-refractivity contribution in [2.45, 2.75) is 13.8 Å².